The van der Waals surface area contributed by atoms with E-state index in [1.165, 1.54) is 0 Å². The van der Waals surface area contributed by atoms with Crippen LogP contribution in [0.5, 0.6) is 0 Å². The largest absolute Gasteiger partial charge is 0.457 e. The summed E-state index contributed by atoms with van der Waals surface area (Å²) in [6, 6.07) is 0. The van der Waals surface area contributed by atoms with Gasteiger partial charge in [0.15, 0.2) is 6.10 Å². The van der Waals surface area contributed by atoms with Crippen molar-refractivity contribution in [3.05, 3.63) is 0 Å². The number of ether oxygens (including phenoxy) is 1. The first-order chi connectivity index (χ1) is 5.20. The fourth-order valence-corrected chi connectivity index (χ4v) is 1.26. The molecule has 0 radical (unpaired) electrons. The van der Waals surface area contributed by atoms with E-state index in [-0.39, 0.29) is 6.61 Å². The fraction of sp³-hybridized carbons (Fsp3) is 0.857. The molecular weight excluding hydrogens is 148 g/mol. The Bertz CT molecular complexity index is 157. The topological polar surface area (TPSA) is 66.8 Å². The molecular formula is C7H12O4. The smallest absolute Gasteiger partial charge is 0.312 e. The molecule has 1 rings (SSSR count). The van der Waals surface area contributed by atoms with Gasteiger partial charge in [0.05, 0.1) is 12.5 Å². The quantitative estimate of drug-likeness (QED) is 0.524. The molecule has 4 nitrogen and oxygen atoms in total. The summed E-state index contributed by atoms with van der Waals surface area (Å²) in [4.78, 5) is 10.9. The molecule has 0 amide bonds. The third-order valence-corrected chi connectivity index (χ3v) is 1.98. The average molecular weight is 160 g/mol. The van der Waals surface area contributed by atoms with Crippen LogP contribution in [0.15, 0.2) is 0 Å². The molecule has 4 heteroatoms. The molecule has 0 bridgehead atoms. The lowest BCUT2D eigenvalue weighted by atomic mass is 9.99. The Morgan fingerprint density at radius 1 is 1.64 bits per heavy atom. The summed E-state index contributed by atoms with van der Waals surface area (Å²) < 4.78 is 4.69. The van der Waals surface area contributed by atoms with Crippen molar-refractivity contribution < 1.29 is 19.7 Å². The van der Waals surface area contributed by atoms with Gasteiger partial charge < -0.3 is 14.9 Å². The van der Waals surface area contributed by atoms with Gasteiger partial charge in [0, 0.05) is 0 Å². The maximum absolute atomic E-state index is 10.9. The van der Waals surface area contributed by atoms with Gasteiger partial charge in [0.2, 0.25) is 0 Å². The molecule has 1 heterocycles. The SMILES string of the molecule is CC[C@@H]1C(=O)O[C@H](CO)[C@H]1O. The first-order valence-corrected chi connectivity index (χ1v) is 3.70. The highest BCUT2D eigenvalue weighted by molar-refractivity contribution is 5.75. The Balaban J connectivity index is 2.62. The monoisotopic (exact) mass is 160 g/mol. The van der Waals surface area contributed by atoms with E-state index < -0.39 is 24.1 Å². The van der Waals surface area contributed by atoms with Crippen LogP contribution in [0, 0.1) is 5.92 Å². The number of carbonyl (C=O) groups is 1. The number of cyclic esters (lactones) is 1. The molecule has 0 unspecified atom stereocenters. The normalized spacial score (nSPS) is 37.4. The molecule has 0 aliphatic carbocycles. The van der Waals surface area contributed by atoms with E-state index in [4.69, 9.17) is 5.11 Å². The van der Waals surface area contributed by atoms with E-state index in [1.807, 2.05) is 0 Å². The van der Waals surface area contributed by atoms with Crippen LogP contribution in [-0.4, -0.2) is 35.0 Å². The zero-order chi connectivity index (χ0) is 8.43. The summed E-state index contributed by atoms with van der Waals surface area (Å²) in [7, 11) is 0. The molecule has 3 atom stereocenters. The van der Waals surface area contributed by atoms with Gasteiger partial charge in [0.1, 0.15) is 6.10 Å². The Morgan fingerprint density at radius 3 is 2.55 bits per heavy atom. The van der Waals surface area contributed by atoms with Gasteiger partial charge >= 0.3 is 5.97 Å². The maximum atomic E-state index is 10.9. The van der Waals surface area contributed by atoms with Gasteiger partial charge in [-0.25, -0.2) is 0 Å². The Kier molecular flexibility index (Phi) is 2.46. The summed E-state index contributed by atoms with van der Waals surface area (Å²) in [5, 5.41) is 17.9. The Morgan fingerprint density at radius 2 is 2.27 bits per heavy atom. The lowest BCUT2D eigenvalue weighted by Crippen LogP contribution is -2.29. The predicted octanol–water partition coefficient (Wildman–Crippen LogP) is -0.709. The van der Waals surface area contributed by atoms with Crippen molar-refractivity contribution in [2.24, 2.45) is 5.92 Å². The summed E-state index contributed by atoms with van der Waals surface area (Å²) in [6.07, 6.45) is -0.999. The van der Waals surface area contributed by atoms with Crippen molar-refractivity contribution in [1.29, 1.82) is 0 Å². The minimum absolute atomic E-state index is 0.302. The summed E-state index contributed by atoms with van der Waals surface area (Å²) in [6.45, 7) is 1.50. The van der Waals surface area contributed by atoms with E-state index in [0.717, 1.165) is 0 Å². The molecule has 0 saturated carbocycles. The molecule has 1 saturated heterocycles. The van der Waals surface area contributed by atoms with Crippen molar-refractivity contribution in [1.82, 2.24) is 0 Å². The van der Waals surface area contributed by atoms with Gasteiger partial charge in [-0.15, -0.1) is 0 Å². The molecule has 0 aromatic carbocycles. The molecule has 0 spiro atoms. The number of aliphatic hydroxyl groups excluding tert-OH is 2. The van der Waals surface area contributed by atoms with Crippen LogP contribution in [0.4, 0.5) is 0 Å². The van der Waals surface area contributed by atoms with Crippen LogP contribution in [0.3, 0.4) is 0 Å². The van der Waals surface area contributed by atoms with Crippen molar-refractivity contribution in [3.63, 3.8) is 0 Å². The molecule has 11 heavy (non-hydrogen) atoms. The van der Waals surface area contributed by atoms with Gasteiger partial charge in [-0.2, -0.15) is 0 Å². The van der Waals surface area contributed by atoms with Crippen LogP contribution in [0.1, 0.15) is 13.3 Å². The van der Waals surface area contributed by atoms with Crippen LogP contribution in [0.2, 0.25) is 0 Å². The number of hydrogen-bond acceptors (Lipinski definition) is 4. The van der Waals surface area contributed by atoms with E-state index in [0.29, 0.717) is 6.42 Å². The van der Waals surface area contributed by atoms with Crippen LogP contribution >= 0.6 is 0 Å². The number of hydrogen-bond donors (Lipinski definition) is 2. The third-order valence-electron chi connectivity index (χ3n) is 1.98. The summed E-state index contributed by atoms with van der Waals surface area (Å²) >= 11 is 0. The van der Waals surface area contributed by atoms with Crippen LogP contribution in [0.25, 0.3) is 0 Å². The second-order valence-electron chi connectivity index (χ2n) is 2.66. The molecule has 64 valence electrons. The van der Waals surface area contributed by atoms with E-state index in [1.54, 1.807) is 6.92 Å². The predicted molar refractivity (Wildman–Crippen MR) is 36.8 cm³/mol. The van der Waals surface area contributed by atoms with Crippen molar-refractivity contribution in [3.8, 4) is 0 Å². The first-order valence-electron chi connectivity index (χ1n) is 3.70. The highest BCUT2D eigenvalue weighted by atomic mass is 16.6. The van der Waals surface area contributed by atoms with Gasteiger partial charge in [-0.1, -0.05) is 6.92 Å². The second kappa shape index (κ2) is 3.19. The zero-order valence-electron chi connectivity index (χ0n) is 6.36. The summed E-state index contributed by atoms with van der Waals surface area (Å²) in [5.74, 6) is -0.855. The van der Waals surface area contributed by atoms with E-state index >= 15 is 0 Å². The van der Waals surface area contributed by atoms with Gasteiger partial charge in [-0.3, -0.25) is 4.79 Å². The van der Waals surface area contributed by atoms with Crippen molar-refractivity contribution in [2.45, 2.75) is 25.6 Å². The highest BCUT2D eigenvalue weighted by Gasteiger charge is 2.41. The van der Waals surface area contributed by atoms with Crippen LogP contribution < -0.4 is 0 Å². The van der Waals surface area contributed by atoms with Gasteiger partial charge in [0.25, 0.3) is 0 Å². The number of aliphatic hydroxyl groups is 2. The number of carbonyl (C=O) groups excluding carboxylic acids is 1. The van der Waals surface area contributed by atoms with Crippen LogP contribution in [-0.2, 0) is 9.53 Å². The maximum Gasteiger partial charge on any atom is 0.312 e. The van der Waals surface area contributed by atoms with Crippen molar-refractivity contribution in [2.75, 3.05) is 6.61 Å². The second-order valence-corrected chi connectivity index (χ2v) is 2.66. The fourth-order valence-electron chi connectivity index (χ4n) is 1.26. The Hall–Kier alpha value is -0.610. The molecule has 1 fully saturated rings. The van der Waals surface area contributed by atoms with Gasteiger partial charge in [-0.05, 0) is 6.42 Å². The number of esters is 1. The van der Waals surface area contributed by atoms with E-state index in [9.17, 15) is 9.90 Å². The lowest BCUT2D eigenvalue weighted by Gasteiger charge is -2.10. The first kappa shape index (κ1) is 8.49. The third kappa shape index (κ3) is 1.36. The standard InChI is InChI=1S/C7H12O4/c1-2-4-6(9)5(3-8)11-7(4)10/h4-6,8-9H,2-3H2,1H3/t4-,5+,6-/m0/s1. The summed E-state index contributed by atoms with van der Waals surface area (Å²) in [5.41, 5.74) is 0. The number of rotatable bonds is 2. The lowest BCUT2D eigenvalue weighted by molar-refractivity contribution is -0.145. The van der Waals surface area contributed by atoms with Crippen molar-refractivity contribution >= 4 is 5.97 Å². The minimum Gasteiger partial charge on any atom is -0.457 e. The Labute approximate surface area is 64.8 Å². The molecule has 2 N–H and O–H groups in total. The molecule has 1 aliphatic heterocycles. The zero-order valence-corrected chi connectivity index (χ0v) is 6.36. The molecule has 0 aromatic heterocycles. The van der Waals surface area contributed by atoms with E-state index in [2.05, 4.69) is 4.74 Å². The molecule has 1 aliphatic rings. The molecule has 0 aromatic rings. The minimum atomic E-state index is -0.836. The average Bonchev–Trinajstić information content (AvgIpc) is 2.26. The highest BCUT2D eigenvalue weighted by Crippen LogP contribution is 2.23.